The number of ether oxygens (including phenoxy) is 1. The first kappa shape index (κ1) is 14.7. The molecule has 1 unspecified atom stereocenters. The van der Waals surface area contributed by atoms with Gasteiger partial charge in [-0.2, -0.15) is 0 Å². The van der Waals surface area contributed by atoms with Gasteiger partial charge in [0.15, 0.2) is 0 Å². The Morgan fingerprint density at radius 1 is 1.50 bits per heavy atom. The van der Waals surface area contributed by atoms with E-state index in [2.05, 4.69) is 5.32 Å². The molecule has 0 spiro atoms. The summed E-state index contributed by atoms with van der Waals surface area (Å²) in [6.45, 7) is 4.18. The van der Waals surface area contributed by atoms with Crippen LogP contribution in [0.1, 0.15) is 29.3 Å². The fourth-order valence-electron chi connectivity index (χ4n) is 1.87. The van der Waals surface area contributed by atoms with Gasteiger partial charge in [-0.1, -0.05) is 17.7 Å². The number of carbonyl (C=O) groups excluding carboxylic acids is 1. The topological polar surface area (TPSA) is 58.6 Å². The van der Waals surface area contributed by atoms with Gasteiger partial charge in [-0.15, -0.1) is 0 Å². The molecule has 0 saturated carbocycles. The highest BCUT2D eigenvalue weighted by molar-refractivity contribution is 5.94. The van der Waals surface area contributed by atoms with Gasteiger partial charge in [-0.05, 0) is 32.4 Å². The third-order valence-electron chi connectivity index (χ3n) is 2.82. The molecule has 0 aliphatic carbocycles. The van der Waals surface area contributed by atoms with Crippen LogP contribution < -0.4 is 5.32 Å². The molecule has 1 aromatic carbocycles. The number of aliphatic hydroxyl groups excluding tert-OH is 1. The Balaban J connectivity index is 2.78. The van der Waals surface area contributed by atoms with E-state index in [4.69, 9.17) is 9.84 Å². The number of hydrogen-bond acceptors (Lipinski definition) is 3. The number of rotatable bonds is 6. The molecule has 0 radical (unpaired) electrons. The van der Waals surface area contributed by atoms with Gasteiger partial charge in [0.1, 0.15) is 0 Å². The number of hydrogen-bond donors (Lipinski definition) is 2. The van der Waals surface area contributed by atoms with Crippen LogP contribution in [0.2, 0.25) is 0 Å². The average molecular weight is 251 g/mol. The van der Waals surface area contributed by atoms with Crippen molar-refractivity contribution in [3.63, 3.8) is 0 Å². The Morgan fingerprint density at radius 3 is 2.78 bits per heavy atom. The van der Waals surface area contributed by atoms with Crippen molar-refractivity contribution in [3.8, 4) is 0 Å². The average Bonchev–Trinajstić information content (AvgIpc) is 2.29. The largest absolute Gasteiger partial charge is 0.396 e. The third kappa shape index (κ3) is 4.13. The van der Waals surface area contributed by atoms with Crippen LogP contribution in [0.4, 0.5) is 0 Å². The summed E-state index contributed by atoms with van der Waals surface area (Å²) in [6, 6.07) is 7.40. The Bertz CT molecular complexity index is 398. The summed E-state index contributed by atoms with van der Waals surface area (Å²) in [6.07, 6.45) is 0.457. The van der Waals surface area contributed by atoms with Crippen molar-refractivity contribution in [2.75, 3.05) is 20.3 Å². The van der Waals surface area contributed by atoms with Crippen LogP contribution in [0.5, 0.6) is 0 Å². The fraction of sp³-hybridized carbons (Fsp3) is 0.500. The summed E-state index contributed by atoms with van der Waals surface area (Å²) < 4.78 is 5.09. The minimum Gasteiger partial charge on any atom is -0.396 e. The minimum atomic E-state index is -0.551. The first-order valence-corrected chi connectivity index (χ1v) is 6.00. The van der Waals surface area contributed by atoms with E-state index >= 15 is 0 Å². The number of aryl methyl sites for hydroxylation is 1. The Morgan fingerprint density at radius 2 is 2.22 bits per heavy atom. The Labute approximate surface area is 108 Å². The van der Waals surface area contributed by atoms with E-state index in [1.807, 2.05) is 32.0 Å². The van der Waals surface area contributed by atoms with Gasteiger partial charge in [0, 0.05) is 19.3 Å². The molecule has 4 nitrogen and oxygen atoms in total. The summed E-state index contributed by atoms with van der Waals surface area (Å²) in [4.78, 5) is 12.1. The maximum atomic E-state index is 12.1. The molecule has 1 amide bonds. The highest BCUT2D eigenvalue weighted by Gasteiger charge is 2.26. The fourth-order valence-corrected chi connectivity index (χ4v) is 1.87. The number of carbonyl (C=O) groups is 1. The summed E-state index contributed by atoms with van der Waals surface area (Å²) in [7, 11) is 1.58. The highest BCUT2D eigenvalue weighted by atomic mass is 16.5. The van der Waals surface area contributed by atoms with E-state index in [1.54, 1.807) is 13.2 Å². The van der Waals surface area contributed by atoms with Crippen LogP contribution in [0.15, 0.2) is 24.3 Å². The van der Waals surface area contributed by atoms with E-state index in [9.17, 15) is 4.79 Å². The lowest BCUT2D eigenvalue weighted by atomic mass is 9.98. The molecule has 100 valence electrons. The summed E-state index contributed by atoms with van der Waals surface area (Å²) >= 11 is 0. The monoisotopic (exact) mass is 251 g/mol. The van der Waals surface area contributed by atoms with Crippen LogP contribution in [0.3, 0.4) is 0 Å². The van der Waals surface area contributed by atoms with Crippen molar-refractivity contribution in [3.05, 3.63) is 35.4 Å². The van der Waals surface area contributed by atoms with E-state index < -0.39 is 5.54 Å². The molecule has 0 aliphatic rings. The first-order chi connectivity index (χ1) is 8.50. The molecular formula is C14H21NO3. The van der Waals surface area contributed by atoms with Gasteiger partial charge in [0.2, 0.25) is 0 Å². The molecule has 0 bridgehead atoms. The quantitative estimate of drug-likeness (QED) is 0.805. The van der Waals surface area contributed by atoms with Gasteiger partial charge < -0.3 is 15.2 Å². The van der Waals surface area contributed by atoms with Crippen molar-refractivity contribution >= 4 is 5.91 Å². The molecule has 4 heteroatoms. The normalized spacial score (nSPS) is 14.0. The standard InChI is InChI=1S/C14H21NO3/c1-11-5-4-6-12(9-11)13(17)15-14(2,7-8-16)10-18-3/h4-6,9,16H,7-8,10H2,1-3H3,(H,15,17). The molecule has 1 rings (SSSR count). The van der Waals surface area contributed by atoms with E-state index in [0.717, 1.165) is 5.56 Å². The molecule has 2 N–H and O–H groups in total. The SMILES string of the molecule is COCC(C)(CCO)NC(=O)c1cccc(C)c1. The molecule has 0 aliphatic heterocycles. The molecule has 0 fully saturated rings. The Kier molecular flexibility index (Phi) is 5.31. The molecule has 18 heavy (non-hydrogen) atoms. The van der Waals surface area contributed by atoms with Gasteiger partial charge in [0.25, 0.3) is 5.91 Å². The first-order valence-electron chi connectivity index (χ1n) is 6.00. The van der Waals surface area contributed by atoms with Crippen molar-refractivity contribution < 1.29 is 14.6 Å². The van der Waals surface area contributed by atoms with E-state index in [1.165, 1.54) is 0 Å². The number of aliphatic hydroxyl groups is 1. The van der Waals surface area contributed by atoms with E-state index in [-0.39, 0.29) is 12.5 Å². The zero-order chi connectivity index (χ0) is 13.6. The number of amides is 1. The van der Waals surface area contributed by atoms with Crippen molar-refractivity contribution in [2.24, 2.45) is 0 Å². The lowest BCUT2D eigenvalue weighted by Gasteiger charge is -2.29. The minimum absolute atomic E-state index is 0.00789. The lowest BCUT2D eigenvalue weighted by Crippen LogP contribution is -2.50. The lowest BCUT2D eigenvalue weighted by molar-refractivity contribution is 0.0725. The second-order valence-electron chi connectivity index (χ2n) is 4.79. The van der Waals surface area contributed by atoms with Crippen LogP contribution in [-0.4, -0.2) is 36.9 Å². The molecule has 0 heterocycles. The smallest absolute Gasteiger partial charge is 0.251 e. The summed E-state index contributed by atoms with van der Waals surface area (Å²) in [5.74, 6) is -0.147. The molecule has 0 aromatic heterocycles. The van der Waals surface area contributed by atoms with Crippen LogP contribution in [0.25, 0.3) is 0 Å². The predicted molar refractivity (Wildman–Crippen MR) is 70.6 cm³/mol. The van der Waals surface area contributed by atoms with Crippen molar-refractivity contribution in [1.29, 1.82) is 0 Å². The van der Waals surface area contributed by atoms with Crippen molar-refractivity contribution in [2.45, 2.75) is 25.8 Å². The second kappa shape index (κ2) is 6.52. The maximum Gasteiger partial charge on any atom is 0.251 e. The summed E-state index contributed by atoms with van der Waals surface area (Å²) in [5.41, 5.74) is 1.11. The van der Waals surface area contributed by atoms with Crippen LogP contribution in [-0.2, 0) is 4.74 Å². The van der Waals surface area contributed by atoms with Gasteiger partial charge >= 0.3 is 0 Å². The number of benzene rings is 1. The Hall–Kier alpha value is -1.39. The van der Waals surface area contributed by atoms with E-state index in [0.29, 0.717) is 18.6 Å². The van der Waals surface area contributed by atoms with Gasteiger partial charge in [-0.25, -0.2) is 0 Å². The van der Waals surface area contributed by atoms with Crippen LogP contribution in [0, 0.1) is 6.92 Å². The van der Waals surface area contributed by atoms with Crippen molar-refractivity contribution in [1.82, 2.24) is 5.32 Å². The molecular weight excluding hydrogens is 230 g/mol. The number of nitrogens with one attached hydrogen (secondary N) is 1. The molecule has 0 saturated heterocycles. The molecule has 1 atom stereocenters. The molecule has 1 aromatic rings. The second-order valence-corrected chi connectivity index (χ2v) is 4.79. The van der Waals surface area contributed by atoms with Crippen LogP contribution >= 0.6 is 0 Å². The zero-order valence-corrected chi connectivity index (χ0v) is 11.2. The highest BCUT2D eigenvalue weighted by Crippen LogP contribution is 2.12. The third-order valence-corrected chi connectivity index (χ3v) is 2.82. The van der Waals surface area contributed by atoms with Gasteiger partial charge in [-0.3, -0.25) is 4.79 Å². The predicted octanol–water partition coefficient (Wildman–Crippen LogP) is 1.51. The number of methoxy groups -OCH3 is 1. The maximum absolute atomic E-state index is 12.1. The van der Waals surface area contributed by atoms with Gasteiger partial charge in [0.05, 0.1) is 12.1 Å². The summed E-state index contributed by atoms with van der Waals surface area (Å²) in [5, 5.41) is 12.0. The zero-order valence-electron chi connectivity index (χ0n) is 11.2.